The molecular weight excluding hydrogens is 232 g/mol. The van der Waals surface area contributed by atoms with Gasteiger partial charge in [-0.1, -0.05) is 6.07 Å². The highest BCUT2D eigenvalue weighted by atomic mass is 16.5. The van der Waals surface area contributed by atoms with E-state index in [0.29, 0.717) is 11.4 Å². The molecule has 0 saturated carbocycles. The summed E-state index contributed by atoms with van der Waals surface area (Å²) in [6.07, 6.45) is 0. The molecule has 0 unspecified atom stereocenters. The Labute approximate surface area is 107 Å². The fraction of sp³-hybridized carbons (Fsp3) is 0.385. The Morgan fingerprint density at radius 1 is 1.17 bits per heavy atom. The van der Waals surface area contributed by atoms with Gasteiger partial charge in [0.25, 0.3) is 0 Å². The number of carbonyl (C=O) groups excluding carboxylic acids is 2. The lowest BCUT2D eigenvalue weighted by atomic mass is 10.1. The minimum atomic E-state index is -0.696. The quantitative estimate of drug-likeness (QED) is 0.782. The molecule has 0 heterocycles. The molecule has 5 heteroatoms. The first-order valence-electron chi connectivity index (χ1n) is 5.59. The maximum absolute atomic E-state index is 11.6. The summed E-state index contributed by atoms with van der Waals surface area (Å²) in [6, 6.07) is 6.81. The van der Waals surface area contributed by atoms with Crippen LogP contribution in [-0.2, 0) is 9.59 Å². The number of rotatable bonds is 2. The van der Waals surface area contributed by atoms with Crippen LogP contribution in [-0.4, -0.2) is 24.5 Å². The fourth-order valence-electron chi connectivity index (χ4n) is 1.29. The number of hydrogen-bond acceptors (Lipinski definition) is 3. The Morgan fingerprint density at radius 3 is 2.39 bits per heavy atom. The second-order valence-corrected chi connectivity index (χ2v) is 4.89. The highest BCUT2D eigenvalue weighted by molar-refractivity contribution is 6.39. The van der Waals surface area contributed by atoms with E-state index in [9.17, 15) is 9.59 Å². The van der Waals surface area contributed by atoms with Crippen LogP contribution in [0.5, 0.6) is 5.75 Å². The van der Waals surface area contributed by atoms with E-state index in [-0.39, 0.29) is 0 Å². The van der Waals surface area contributed by atoms with E-state index in [2.05, 4.69) is 10.6 Å². The van der Waals surface area contributed by atoms with Crippen molar-refractivity contribution in [2.45, 2.75) is 26.3 Å². The lowest BCUT2D eigenvalue weighted by Crippen LogP contribution is -2.46. The maximum atomic E-state index is 11.6. The van der Waals surface area contributed by atoms with Gasteiger partial charge in [0, 0.05) is 17.3 Å². The van der Waals surface area contributed by atoms with Gasteiger partial charge in [0.05, 0.1) is 7.11 Å². The molecule has 0 aromatic heterocycles. The summed E-state index contributed by atoms with van der Waals surface area (Å²) < 4.78 is 5.03. The molecule has 0 aliphatic carbocycles. The summed E-state index contributed by atoms with van der Waals surface area (Å²) in [5, 5.41) is 5.09. The molecule has 18 heavy (non-hydrogen) atoms. The van der Waals surface area contributed by atoms with Crippen molar-refractivity contribution in [1.29, 1.82) is 0 Å². The number of amides is 2. The average Bonchev–Trinajstić information content (AvgIpc) is 2.27. The molecule has 0 saturated heterocycles. The second kappa shape index (κ2) is 5.53. The summed E-state index contributed by atoms with van der Waals surface area (Å²) in [7, 11) is 1.53. The van der Waals surface area contributed by atoms with E-state index in [1.165, 1.54) is 7.11 Å². The van der Waals surface area contributed by atoms with Gasteiger partial charge in [-0.3, -0.25) is 9.59 Å². The summed E-state index contributed by atoms with van der Waals surface area (Å²) >= 11 is 0. The Kier molecular flexibility index (Phi) is 4.31. The van der Waals surface area contributed by atoms with Crippen molar-refractivity contribution in [2.75, 3.05) is 12.4 Å². The van der Waals surface area contributed by atoms with Crippen molar-refractivity contribution in [1.82, 2.24) is 5.32 Å². The van der Waals surface area contributed by atoms with E-state index in [4.69, 9.17) is 4.74 Å². The molecule has 1 aromatic rings. The largest absolute Gasteiger partial charge is 0.497 e. The Morgan fingerprint density at radius 2 is 1.83 bits per heavy atom. The number of nitrogens with one attached hydrogen (secondary N) is 2. The third kappa shape index (κ3) is 4.45. The number of methoxy groups -OCH3 is 1. The molecule has 98 valence electrons. The molecule has 0 atom stereocenters. The molecule has 1 aromatic carbocycles. The number of carbonyl (C=O) groups is 2. The monoisotopic (exact) mass is 250 g/mol. The summed E-state index contributed by atoms with van der Waals surface area (Å²) in [5.41, 5.74) is 0.0754. The van der Waals surface area contributed by atoms with Crippen molar-refractivity contribution in [3.05, 3.63) is 24.3 Å². The van der Waals surface area contributed by atoms with Crippen LogP contribution in [0, 0.1) is 0 Å². The highest BCUT2D eigenvalue weighted by Crippen LogP contribution is 2.16. The molecule has 0 aliphatic heterocycles. The van der Waals surface area contributed by atoms with Crippen molar-refractivity contribution < 1.29 is 14.3 Å². The van der Waals surface area contributed by atoms with Crippen molar-refractivity contribution >= 4 is 17.5 Å². The highest BCUT2D eigenvalue weighted by Gasteiger charge is 2.20. The Bertz CT molecular complexity index is 450. The van der Waals surface area contributed by atoms with Crippen molar-refractivity contribution in [3.63, 3.8) is 0 Å². The molecule has 0 aliphatic rings. The van der Waals surface area contributed by atoms with Crippen LogP contribution >= 0.6 is 0 Å². The van der Waals surface area contributed by atoms with Gasteiger partial charge in [0.15, 0.2) is 0 Å². The second-order valence-electron chi connectivity index (χ2n) is 4.89. The Hall–Kier alpha value is -2.04. The summed E-state index contributed by atoms with van der Waals surface area (Å²) in [6.45, 7) is 5.43. The third-order valence-electron chi connectivity index (χ3n) is 2.02. The maximum Gasteiger partial charge on any atom is 0.313 e. The molecular formula is C13H18N2O3. The Balaban J connectivity index is 2.66. The first-order chi connectivity index (χ1) is 8.31. The van der Waals surface area contributed by atoms with Gasteiger partial charge in [0.2, 0.25) is 0 Å². The first kappa shape index (κ1) is 14.0. The van der Waals surface area contributed by atoms with E-state index in [1.54, 1.807) is 24.3 Å². The van der Waals surface area contributed by atoms with Crippen LogP contribution < -0.4 is 15.4 Å². The molecule has 0 spiro atoms. The number of benzene rings is 1. The van der Waals surface area contributed by atoms with Crippen LogP contribution in [0.2, 0.25) is 0 Å². The normalized spacial score (nSPS) is 10.7. The van der Waals surface area contributed by atoms with Crippen LogP contribution in [0.15, 0.2) is 24.3 Å². The molecule has 2 amide bonds. The number of ether oxygens (including phenoxy) is 1. The fourth-order valence-corrected chi connectivity index (χ4v) is 1.29. The zero-order valence-electron chi connectivity index (χ0n) is 11.0. The lowest BCUT2D eigenvalue weighted by molar-refractivity contribution is -0.137. The SMILES string of the molecule is COc1cccc(NC(=O)C(=O)NC(C)(C)C)c1. The average molecular weight is 250 g/mol. The topological polar surface area (TPSA) is 67.4 Å². The van der Waals surface area contributed by atoms with Crippen LogP contribution in [0.1, 0.15) is 20.8 Å². The van der Waals surface area contributed by atoms with Gasteiger partial charge >= 0.3 is 11.8 Å². The van der Waals surface area contributed by atoms with E-state index < -0.39 is 17.4 Å². The summed E-state index contributed by atoms with van der Waals surface area (Å²) in [4.78, 5) is 23.2. The van der Waals surface area contributed by atoms with Gasteiger partial charge in [-0.2, -0.15) is 0 Å². The first-order valence-corrected chi connectivity index (χ1v) is 5.59. The molecule has 1 rings (SSSR count). The molecule has 5 nitrogen and oxygen atoms in total. The van der Waals surface area contributed by atoms with Crippen LogP contribution in [0.3, 0.4) is 0 Å². The smallest absolute Gasteiger partial charge is 0.313 e. The molecule has 2 N–H and O–H groups in total. The van der Waals surface area contributed by atoms with E-state index >= 15 is 0 Å². The molecule has 0 fully saturated rings. The number of anilines is 1. The minimum absolute atomic E-state index is 0.442. The predicted molar refractivity (Wildman–Crippen MR) is 69.5 cm³/mol. The van der Waals surface area contributed by atoms with E-state index in [1.807, 2.05) is 20.8 Å². The molecule has 0 bridgehead atoms. The number of hydrogen-bond donors (Lipinski definition) is 2. The zero-order valence-corrected chi connectivity index (χ0v) is 11.0. The van der Waals surface area contributed by atoms with E-state index in [0.717, 1.165) is 0 Å². The molecule has 0 radical (unpaired) electrons. The van der Waals surface area contributed by atoms with Gasteiger partial charge in [-0.05, 0) is 32.9 Å². The zero-order chi connectivity index (χ0) is 13.8. The van der Waals surface area contributed by atoms with Crippen LogP contribution in [0.4, 0.5) is 5.69 Å². The van der Waals surface area contributed by atoms with Gasteiger partial charge < -0.3 is 15.4 Å². The summed E-state index contributed by atoms with van der Waals surface area (Å²) in [5.74, 6) is -0.743. The minimum Gasteiger partial charge on any atom is -0.497 e. The third-order valence-corrected chi connectivity index (χ3v) is 2.02. The van der Waals surface area contributed by atoms with Gasteiger partial charge in [0.1, 0.15) is 5.75 Å². The van der Waals surface area contributed by atoms with Crippen molar-refractivity contribution in [2.24, 2.45) is 0 Å². The standard InChI is InChI=1S/C13H18N2O3/c1-13(2,3)15-12(17)11(16)14-9-6-5-7-10(8-9)18-4/h5-8H,1-4H3,(H,14,16)(H,15,17). The predicted octanol–water partition coefficient (Wildman–Crippen LogP) is 1.55. The lowest BCUT2D eigenvalue weighted by Gasteiger charge is -2.19. The van der Waals surface area contributed by atoms with Gasteiger partial charge in [-0.25, -0.2) is 0 Å². The van der Waals surface area contributed by atoms with Gasteiger partial charge in [-0.15, -0.1) is 0 Å². The van der Waals surface area contributed by atoms with Crippen LogP contribution in [0.25, 0.3) is 0 Å². The van der Waals surface area contributed by atoms with Crippen molar-refractivity contribution in [3.8, 4) is 5.75 Å².